The second kappa shape index (κ2) is 17.0. The maximum atomic E-state index is 9.34. The van der Waals surface area contributed by atoms with Gasteiger partial charge in [-0.25, -0.2) is 0 Å². The van der Waals surface area contributed by atoms with Crippen molar-refractivity contribution in [2.24, 2.45) is 5.73 Å². The molecular weight excluding hydrogens is 200 g/mol. The fourth-order valence-electron chi connectivity index (χ4n) is 0.112. The minimum absolute atomic E-state index is 0.250. The summed E-state index contributed by atoms with van der Waals surface area (Å²) in [7, 11) is 0.889. The summed E-state index contributed by atoms with van der Waals surface area (Å²) in [5, 5.41) is 20.0. The van der Waals surface area contributed by atoms with Crippen molar-refractivity contribution in [3.05, 3.63) is 20.2 Å². The van der Waals surface area contributed by atoms with Crippen LogP contribution in [0.2, 0.25) is 0 Å². The number of nitrogens with two attached hydrogens (primary N) is 1. The maximum absolute atomic E-state index is 9.34. The first-order valence-corrected chi connectivity index (χ1v) is 2.94. The second-order valence-corrected chi connectivity index (χ2v) is 1.39. The first kappa shape index (κ1) is 17.7. The number of rotatable bonds is 3. The van der Waals surface area contributed by atoms with Crippen molar-refractivity contribution in [1.82, 2.24) is 5.32 Å². The summed E-state index contributed by atoms with van der Waals surface area (Å²) >= 11 is 0. The number of nitrogens with zero attached hydrogens (tertiary/aromatic N) is 2. The predicted octanol–water partition coefficient (Wildman–Crippen LogP) is -2.04. The fourth-order valence-corrected chi connectivity index (χ4v) is 0.112. The Labute approximate surface area is 78.4 Å². The van der Waals surface area contributed by atoms with Crippen LogP contribution >= 0.6 is 0 Å². The van der Waals surface area contributed by atoms with E-state index in [-0.39, 0.29) is 12.8 Å². The zero-order valence-electron chi connectivity index (χ0n) is 7.28. The monoisotopic (exact) mass is 210 g/mol. The highest BCUT2D eigenvalue weighted by Gasteiger charge is 1.86. The highest BCUT2D eigenvalue weighted by Crippen LogP contribution is 1.55. The number of carbonyl (C=O) groups is 2. The van der Waals surface area contributed by atoms with Gasteiger partial charge in [0, 0.05) is 9.85 Å². The smallest absolute Gasteiger partial charge is 0.277 e. The molecule has 2 amide bonds. The SMILES string of the molecule is C[N+](=O)[O-].NC=O.O=CNC[N+](=O)[O-]. The summed E-state index contributed by atoms with van der Waals surface area (Å²) < 4.78 is 0. The van der Waals surface area contributed by atoms with Crippen molar-refractivity contribution in [1.29, 1.82) is 0 Å². The Kier molecular flexibility index (Phi) is 21.5. The summed E-state index contributed by atoms with van der Waals surface area (Å²) in [6, 6.07) is 0. The number of primary amides is 1. The topological polar surface area (TPSA) is 158 Å². The van der Waals surface area contributed by atoms with Gasteiger partial charge >= 0.3 is 0 Å². The van der Waals surface area contributed by atoms with Crippen LogP contribution in [0.4, 0.5) is 0 Å². The molecule has 0 aliphatic carbocycles. The van der Waals surface area contributed by atoms with Crippen LogP contribution in [0.5, 0.6) is 0 Å². The van der Waals surface area contributed by atoms with Gasteiger partial charge in [-0.05, 0) is 0 Å². The zero-order chi connectivity index (χ0) is 12.0. The van der Waals surface area contributed by atoms with Crippen LogP contribution in [0.1, 0.15) is 0 Å². The summed E-state index contributed by atoms with van der Waals surface area (Å²) in [6.45, 7) is -0.497. The molecule has 0 aliphatic heterocycles. The van der Waals surface area contributed by atoms with E-state index in [2.05, 4.69) is 5.73 Å². The molecule has 3 N–H and O–H groups in total. The first-order chi connectivity index (χ1) is 6.42. The minimum Gasteiger partial charge on any atom is -0.372 e. The second-order valence-electron chi connectivity index (χ2n) is 1.39. The van der Waals surface area contributed by atoms with Crippen molar-refractivity contribution >= 4 is 12.8 Å². The molecule has 0 aromatic heterocycles. The normalized spacial score (nSPS) is 6.36. The van der Waals surface area contributed by atoms with Gasteiger partial charge in [0.05, 0.1) is 0 Å². The molecule has 0 spiro atoms. The Morgan fingerprint density at radius 1 is 1.36 bits per heavy atom. The van der Waals surface area contributed by atoms with E-state index in [1.165, 1.54) is 0 Å². The van der Waals surface area contributed by atoms with Gasteiger partial charge in [-0.1, -0.05) is 0 Å². The minimum atomic E-state index is -0.631. The van der Waals surface area contributed by atoms with Gasteiger partial charge < -0.3 is 5.73 Å². The maximum Gasteiger partial charge on any atom is 0.277 e. The summed E-state index contributed by atoms with van der Waals surface area (Å²) in [5.41, 5.74) is 4.17. The van der Waals surface area contributed by atoms with Crippen molar-refractivity contribution < 1.29 is 19.4 Å². The van der Waals surface area contributed by atoms with Gasteiger partial charge in [0.1, 0.15) is 0 Å². The molecule has 0 bridgehead atoms. The van der Waals surface area contributed by atoms with E-state index in [1.54, 1.807) is 0 Å². The molecule has 0 fully saturated rings. The quantitative estimate of drug-likeness (QED) is 0.236. The van der Waals surface area contributed by atoms with Crippen LogP contribution < -0.4 is 11.1 Å². The first-order valence-electron chi connectivity index (χ1n) is 2.94. The van der Waals surface area contributed by atoms with Gasteiger partial charge in [-0.3, -0.25) is 35.1 Å². The lowest BCUT2D eigenvalue weighted by molar-refractivity contribution is -0.483. The van der Waals surface area contributed by atoms with Crippen LogP contribution in [-0.2, 0) is 9.59 Å². The van der Waals surface area contributed by atoms with Crippen molar-refractivity contribution in [2.45, 2.75) is 0 Å². The van der Waals surface area contributed by atoms with Crippen molar-refractivity contribution in [2.75, 3.05) is 13.7 Å². The van der Waals surface area contributed by atoms with E-state index in [9.17, 15) is 14.9 Å². The third kappa shape index (κ3) is 246. The number of amides is 2. The summed E-state index contributed by atoms with van der Waals surface area (Å²) in [4.78, 5) is 34.9. The van der Waals surface area contributed by atoms with E-state index in [1.807, 2.05) is 5.32 Å². The summed E-state index contributed by atoms with van der Waals surface area (Å²) in [6.07, 6.45) is 0.531. The number of carbonyl (C=O) groups excluding carboxylic acids is 2. The Bertz CT molecular complexity index is 179. The van der Waals surface area contributed by atoms with Crippen LogP contribution in [0.15, 0.2) is 0 Å². The van der Waals surface area contributed by atoms with Gasteiger partial charge in [-0.15, -0.1) is 0 Å². The molecular formula is C4H10N4O6. The molecule has 0 atom stereocenters. The molecule has 0 aromatic rings. The van der Waals surface area contributed by atoms with Crippen LogP contribution in [-0.4, -0.2) is 36.4 Å². The van der Waals surface area contributed by atoms with Gasteiger partial charge in [-0.2, -0.15) is 0 Å². The van der Waals surface area contributed by atoms with E-state index in [0.29, 0.717) is 0 Å². The number of nitro groups is 2. The van der Waals surface area contributed by atoms with Crippen molar-refractivity contribution in [3.63, 3.8) is 0 Å². The Hall–Kier alpha value is -2.26. The molecule has 0 saturated carbocycles. The highest BCUT2D eigenvalue weighted by atomic mass is 16.6. The molecule has 10 heteroatoms. The molecule has 14 heavy (non-hydrogen) atoms. The predicted molar refractivity (Wildman–Crippen MR) is 44.2 cm³/mol. The molecule has 0 heterocycles. The fraction of sp³-hybridized carbons (Fsp3) is 0.500. The standard InChI is InChI=1S/C2H4N2O3.CH3NO2.CH3NO/c5-2-3-1-4(6)7;1-2(3)4;2-1-3/h2H,1H2,(H,3,5);1H3;1H,(H2,2,3). The third-order valence-corrected chi connectivity index (χ3v) is 0.304. The van der Waals surface area contributed by atoms with Crippen LogP contribution in [0, 0.1) is 20.2 Å². The Balaban J connectivity index is -0.000000147. The molecule has 0 aromatic carbocycles. The zero-order valence-corrected chi connectivity index (χ0v) is 7.28. The average molecular weight is 210 g/mol. The lowest BCUT2D eigenvalue weighted by Gasteiger charge is -1.84. The van der Waals surface area contributed by atoms with Gasteiger partial charge in [0.25, 0.3) is 6.67 Å². The average Bonchev–Trinajstić information content (AvgIpc) is 2.01. The number of nitrogens with one attached hydrogen (secondary N) is 1. The molecule has 0 rings (SSSR count). The van der Waals surface area contributed by atoms with E-state index in [4.69, 9.17) is 14.9 Å². The lowest BCUT2D eigenvalue weighted by Crippen LogP contribution is -2.19. The Morgan fingerprint density at radius 2 is 1.64 bits per heavy atom. The number of hydrogen-bond acceptors (Lipinski definition) is 6. The van der Waals surface area contributed by atoms with Gasteiger partial charge in [0.15, 0.2) is 7.05 Å². The number of hydrogen-bond donors (Lipinski definition) is 2. The Morgan fingerprint density at radius 3 is 1.71 bits per heavy atom. The van der Waals surface area contributed by atoms with Crippen LogP contribution in [0.25, 0.3) is 0 Å². The van der Waals surface area contributed by atoms with Crippen molar-refractivity contribution in [3.8, 4) is 0 Å². The van der Waals surface area contributed by atoms with Crippen LogP contribution in [0.3, 0.4) is 0 Å². The van der Waals surface area contributed by atoms with E-state index >= 15 is 0 Å². The van der Waals surface area contributed by atoms with E-state index in [0.717, 1.165) is 7.05 Å². The molecule has 0 saturated heterocycles. The molecule has 0 radical (unpaired) electrons. The lowest BCUT2D eigenvalue weighted by atomic mass is 11.1. The molecule has 82 valence electrons. The largest absolute Gasteiger partial charge is 0.372 e. The molecule has 10 nitrogen and oxygen atoms in total. The molecule has 0 aliphatic rings. The third-order valence-electron chi connectivity index (χ3n) is 0.304. The van der Waals surface area contributed by atoms with E-state index < -0.39 is 16.5 Å². The summed E-state index contributed by atoms with van der Waals surface area (Å²) in [5.74, 6) is 0. The van der Waals surface area contributed by atoms with Gasteiger partial charge in [0.2, 0.25) is 12.8 Å². The highest BCUT2D eigenvalue weighted by molar-refractivity contribution is 5.45. The molecule has 0 unspecified atom stereocenters.